The van der Waals surface area contributed by atoms with Crippen LogP contribution in [-0.4, -0.2) is 12.1 Å². The molecule has 0 aliphatic carbocycles. The van der Waals surface area contributed by atoms with Crippen LogP contribution in [0.3, 0.4) is 0 Å². The van der Waals surface area contributed by atoms with E-state index in [9.17, 15) is 18.0 Å². The van der Waals surface area contributed by atoms with Crippen molar-refractivity contribution in [3.63, 3.8) is 0 Å². The number of halogens is 3. The van der Waals surface area contributed by atoms with E-state index in [1.54, 1.807) is 6.92 Å². The van der Waals surface area contributed by atoms with Gasteiger partial charge in [-0.2, -0.15) is 0 Å². The molecule has 0 unspecified atom stereocenters. The highest BCUT2D eigenvalue weighted by atomic mass is 19.4. The van der Waals surface area contributed by atoms with Crippen molar-refractivity contribution in [3.05, 3.63) is 29.8 Å². The van der Waals surface area contributed by atoms with Gasteiger partial charge in [0.25, 0.3) is 0 Å². The molecule has 0 radical (unpaired) electrons. The van der Waals surface area contributed by atoms with Crippen molar-refractivity contribution in [2.75, 3.05) is 0 Å². The quantitative estimate of drug-likeness (QED) is 0.608. The molecule has 0 spiro atoms. The number of hydrogen-bond donors (Lipinski definition) is 0. The molecule has 5 heteroatoms. The Balaban J connectivity index is 2.64. The number of carbonyl (C=O) groups is 1. The molecule has 0 fully saturated rings. The Labute approximate surface area is 103 Å². The Kier molecular flexibility index (Phi) is 4.78. The number of carbonyl (C=O) groups excluding carboxylic acids is 1. The second-order valence-corrected chi connectivity index (χ2v) is 3.42. The van der Waals surface area contributed by atoms with Gasteiger partial charge in [-0.15, -0.1) is 25.0 Å². The largest absolute Gasteiger partial charge is 0.573 e. The summed E-state index contributed by atoms with van der Waals surface area (Å²) in [5, 5.41) is 0. The molecule has 96 valence electrons. The summed E-state index contributed by atoms with van der Waals surface area (Å²) in [5.41, 5.74) is 0.349. The van der Waals surface area contributed by atoms with Crippen LogP contribution in [0.2, 0.25) is 0 Å². The number of hydrogen-bond acceptors (Lipinski definition) is 2. The van der Waals surface area contributed by atoms with Crippen LogP contribution >= 0.6 is 0 Å². The summed E-state index contributed by atoms with van der Waals surface area (Å²) in [4.78, 5) is 11.6. The predicted octanol–water partition coefficient (Wildman–Crippen LogP) is 3.57. The molecular formula is C13H11F3O2. The van der Waals surface area contributed by atoms with Crippen LogP contribution in [0.25, 0.3) is 0 Å². The molecule has 0 saturated carbocycles. The van der Waals surface area contributed by atoms with E-state index in [0.717, 1.165) is 12.1 Å². The fraction of sp³-hybridized carbons (Fsp3) is 0.308. The maximum atomic E-state index is 11.9. The van der Waals surface area contributed by atoms with Crippen molar-refractivity contribution < 1.29 is 22.7 Å². The number of ketones is 1. The highest BCUT2D eigenvalue weighted by Gasteiger charge is 2.30. The van der Waals surface area contributed by atoms with Crippen LogP contribution in [0.1, 0.15) is 30.1 Å². The lowest BCUT2D eigenvalue weighted by Crippen LogP contribution is -2.17. The Morgan fingerprint density at radius 3 is 2.39 bits per heavy atom. The molecule has 2 nitrogen and oxygen atoms in total. The first kappa shape index (κ1) is 14.1. The zero-order valence-corrected chi connectivity index (χ0v) is 9.67. The molecule has 0 bridgehead atoms. The minimum absolute atomic E-state index is 0.156. The first-order valence-electron chi connectivity index (χ1n) is 5.21. The minimum atomic E-state index is -4.72. The summed E-state index contributed by atoms with van der Waals surface area (Å²) in [7, 11) is 0. The third-order valence-electron chi connectivity index (χ3n) is 2.06. The van der Waals surface area contributed by atoms with Gasteiger partial charge in [-0.3, -0.25) is 4.79 Å². The number of benzene rings is 1. The topological polar surface area (TPSA) is 26.3 Å². The van der Waals surface area contributed by atoms with Gasteiger partial charge in [-0.25, -0.2) is 0 Å². The smallest absolute Gasteiger partial charge is 0.406 e. The van der Waals surface area contributed by atoms with Gasteiger partial charge in [0.1, 0.15) is 5.75 Å². The fourth-order valence-electron chi connectivity index (χ4n) is 1.29. The second kappa shape index (κ2) is 6.10. The Bertz CT molecular complexity index is 464. The maximum absolute atomic E-state index is 11.9. The Morgan fingerprint density at radius 1 is 1.28 bits per heavy atom. The lowest BCUT2D eigenvalue weighted by atomic mass is 10.1. The standard InChI is InChI=1S/C13H11F3O2/c1-2-3-4-5-12(17)10-6-8-11(9-7-10)18-13(14,15)16/h6-9H,4-5H2,1H3. The van der Waals surface area contributed by atoms with Crippen LogP contribution in [0.5, 0.6) is 5.75 Å². The van der Waals surface area contributed by atoms with Gasteiger partial charge in [-0.05, 0) is 31.2 Å². The van der Waals surface area contributed by atoms with Gasteiger partial charge < -0.3 is 4.74 Å². The molecule has 0 atom stereocenters. The monoisotopic (exact) mass is 256 g/mol. The van der Waals surface area contributed by atoms with Crippen LogP contribution in [0.4, 0.5) is 13.2 Å². The summed E-state index contributed by atoms with van der Waals surface area (Å²) in [6.07, 6.45) is -4.03. The molecule has 0 aliphatic rings. The zero-order valence-electron chi connectivity index (χ0n) is 9.67. The van der Waals surface area contributed by atoms with Crippen molar-refractivity contribution in [2.45, 2.75) is 26.1 Å². The average Bonchev–Trinajstić information content (AvgIpc) is 2.28. The maximum Gasteiger partial charge on any atom is 0.573 e. The first-order chi connectivity index (χ1) is 8.42. The van der Waals surface area contributed by atoms with Crippen molar-refractivity contribution in [3.8, 4) is 17.6 Å². The Hall–Kier alpha value is -1.96. The van der Waals surface area contributed by atoms with Gasteiger partial charge >= 0.3 is 6.36 Å². The molecule has 0 aromatic heterocycles. The normalized spacial score (nSPS) is 10.4. The highest BCUT2D eigenvalue weighted by Crippen LogP contribution is 2.23. The van der Waals surface area contributed by atoms with E-state index in [1.807, 2.05) is 0 Å². The zero-order chi connectivity index (χ0) is 13.6. The Morgan fingerprint density at radius 2 is 1.89 bits per heavy atom. The summed E-state index contributed by atoms with van der Waals surface area (Å²) < 4.78 is 39.4. The number of Topliss-reactive ketones (excluding diaryl/α,β-unsaturated/α-hetero) is 1. The third-order valence-corrected chi connectivity index (χ3v) is 2.06. The fourth-order valence-corrected chi connectivity index (χ4v) is 1.29. The van der Waals surface area contributed by atoms with Crippen LogP contribution < -0.4 is 4.74 Å². The van der Waals surface area contributed by atoms with Gasteiger partial charge in [0.2, 0.25) is 0 Å². The molecule has 1 rings (SSSR count). The molecule has 0 heterocycles. The summed E-state index contributed by atoms with van der Waals surface area (Å²) >= 11 is 0. The minimum Gasteiger partial charge on any atom is -0.406 e. The molecule has 0 N–H and O–H groups in total. The van der Waals surface area contributed by atoms with Crippen LogP contribution in [-0.2, 0) is 0 Å². The van der Waals surface area contributed by atoms with E-state index in [1.165, 1.54) is 12.1 Å². The van der Waals surface area contributed by atoms with E-state index in [-0.39, 0.29) is 18.0 Å². The van der Waals surface area contributed by atoms with Crippen molar-refractivity contribution >= 4 is 5.78 Å². The molecule has 18 heavy (non-hydrogen) atoms. The van der Waals surface area contributed by atoms with Crippen LogP contribution in [0, 0.1) is 11.8 Å². The van der Waals surface area contributed by atoms with Gasteiger partial charge in [0, 0.05) is 18.4 Å². The summed E-state index contributed by atoms with van der Waals surface area (Å²) in [6, 6.07) is 4.85. The number of ether oxygens (including phenoxy) is 1. The van der Waals surface area contributed by atoms with E-state index >= 15 is 0 Å². The number of alkyl halides is 3. The molecule has 0 amide bonds. The molecular weight excluding hydrogens is 245 g/mol. The van der Waals surface area contributed by atoms with E-state index in [0.29, 0.717) is 12.0 Å². The lowest BCUT2D eigenvalue weighted by Gasteiger charge is -2.08. The number of rotatable bonds is 4. The van der Waals surface area contributed by atoms with Crippen LogP contribution in [0.15, 0.2) is 24.3 Å². The van der Waals surface area contributed by atoms with Gasteiger partial charge in [-0.1, -0.05) is 0 Å². The van der Waals surface area contributed by atoms with E-state index < -0.39 is 6.36 Å². The van der Waals surface area contributed by atoms with Gasteiger partial charge in [0.15, 0.2) is 5.78 Å². The summed E-state index contributed by atoms with van der Waals surface area (Å²) in [5.74, 6) is 4.91. The van der Waals surface area contributed by atoms with Crippen molar-refractivity contribution in [2.24, 2.45) is 0 Å². The van der Waals surface area contributed by atoms with E-state index in [4.69, 9.17) is 0 Å². The molecule has 1 aromatic rings. The van der Waals surface area contributed by atoms with E-state index in [2.05, 4.69) is 16.6 Å². The SMILES string of the molecule is CC#CCCC(=O)c1ccc(OC(F)(F)F)cc1. The van der Waals surface area contributed by atoms with Gasteiger partial charge in [0.05, 0.1) is 0 Å². The van der Waals surface area contributed by atoms with Crippen molar-refractivity contribution in [1.82, 2.24) is 0 Å². The molecule has 0 aliphatic heterocycles. The van der Waals surface area contributed by atoms with Crippen molar-refractivity contribution in [1.29, 1.82) is 0 Å². The predicted molar refractivity (Wildman–Crippen MR) is 60.1 cm³/mol. The third kappa shape index (κ3) is 4.91. The second-order valence-electron chi connectivity index (χ2n) is 3.42. The average molecular weight is 256 g/mol. The summed E-state index contributed by atoms with van der Waals surface area (Å²) in [6.45, 7) is 1.67. The molecule has 1 aromatic carbocycles. The molecule has 0 saturated heterocycles. The lowest BCUT2D eigenvalue weighted by molar-refractivity contribution is -0.274. The highest BCUT2D eigenvalue weighted by molar-refractivity contribution is 5.96. The first-order valence-corrected chi connectivity index (χ1v) is 5.21.